The highest BCUT2D eigenvalue weighted by Gasteiger charge is 2.14. The van der Waals surface area contributed by atoms with Crippen molar-refractivity contribution in [2.24, 2.45) is 5.92 Å². The third-order valence-electron chi connectivity index (χ3n) is 2.98. The average Bonchev–Trinajstić information content (AvgIpc) is 2.41. The van der Waals surface area contributed by atoms with Crippen molar-refractivity contribution in [3.63, 3.8) is 0 Å². The largest absolute Gasteiger partial charge is 0.381 e. The Kier molecular flexibility index (Phi) is 9.30. The van der Waals surface area contributed by atoms with Gasteiger partial charge in [0.15, 0.2) is 0 Å². The Morgan fingerprint density at radius 3 is 2.84 bits per heavy atom. The number of rotatable bonds is 9. The van der Waals surface area contributed by atoms with Gasteiger partial charge < -0.3 is 15.4 Å². The molecule has 19 heavy (non-hydrogen) atoms. The van der Waals surface area contributed by atoms with E-state index in [1.807, 2.05) is 0 Å². The maximum atomic E-state index is 11.6. The fourth-order valence-electron chi connectivity index (χ4n) is 1.93. The number of nitrogens with one attached hydrogen (secondary N) is 2. The molecule has 2 N–H and O–H groups in total. The van der Waals surface area contributed by atoms with E-state index in [1.165, 1.54) is 12.8 Å². The maximum Gasteiger partial charge on any atom is 0.230 e. The summed E-state index contributed by atoms with van der Waals surface area (Å²) in [5.74, 6) is 1.33. The predicted molar refractivity (Wildman–Crippen MR) is 81.6 cm³/mol. The summed E-state index contributed by atoms with van der Waals surface area (Å²) in [5, 5.41) is 6.95. The van der Waals surface area contributed by atoms with Crippen molar-refractivity contribution in [2.75, 3.05) is 38.6 Å². The summed E-state index contributed by atoms with van der Waals surface area (Å²) in [5.41, 5.74) is 0. The predicted octanol–water partition coefficient (Wildman–Crippen LogP) is 1.65. The van der Waals surface area contributed by atoms with Gasteiger partial charge in [0.1, 0.15) is 0 Å². The summed E-state index contributed by atoms with van der Waals surface area (Å²) in [6.45, 7) is 8.72. The molecule has 1 fully saturated rings. The number of ether oxygens (including phenoxy) is 1. The highest BCUT2D eigenvalue weighted by molar-refractivity contribution is 8.00. The van der Waals surface area contributed by atoms with Gasteiger partial charge in [-0.3, -0.25) is 4.79 Å². The van der Waals surface area contributed by atoms with Crippen LogP contribution in [-0.2, 0) is 9.53 Å². The first-order valence-corrected chi connectivity index (χ1v) is 8.40. The number of hydrogen-bond acceptors (Lipinski definition) is 4. The zero-order valence-electron chi connectivity index (χ0n) is 12.2. The van der Waals surface area contributed by atoms with Gasteiger partial charge in [-0.05, 0) is 38.3 Å². The number of carbonyl (C=O) groups is 1. The lowest BCUT2D eigenvalue weighted by molar-refractivity contribution is -0.118. The van der Waals surface area contributed by atoms with Crippen molar-refractivity contribution in [3.05, 3.63) is 0 Å². The lowest BCUT2D eigenvalue weighted by atomic mass is 10.2. The smallest absolute Gasteiger partial charge is 0.230 e. The van der Waals surface area contributed by atoms with E-state index in [-0.39, 0.29) is 5.91 Å². The molecule has 0 aromatic rings. The van der Waals surface area contributed by atoms with E-state index in [2.05, 4.69) is 24.5 Å². The summed E-state index contributed by atoms with van der Waals surface area (Å²) in [6.07, 6.45) is 3.26. The van der Waals surface area contributed by atoms with E-state index >= 15 is 0 Å². The molecule has 1 heterocycles. The van der Waals surface area contributed by atoms with E-state index < -0.39 is 0 Å². The number of thioether (sulfide) groups is 1. The molecule has 5 heteroatoms. The molecule has 0 aromatic heterocycles. The molecule has 0 radical (unpaired) electrons. The van der Waals surface area contributed by atoms with Crippen LogP contribution in [0.1, 0.15) is 33.1 Å². The molecule has 0 saturated carbocycles. The van der Waals surface area contributed by atoms with Gasteiger partial charge in [0.2, 0.25) is 5.91 Å². The van der Waals surface area contributed by atoms with Crippen molar-refractivity contribution < 1.29 is 9.53 Å². The molecule has 1 amide bonds. The summed E-state index contributed by atoms with van der Waals surface area (Å²) < 4.78 is 5.47. The lowest BCUT2D eigenvalue weighted by Gasteiger charge is -2.21. The van der Waals surface area contributed by atoms with Crippen LogP contribution in [0, 0.1) is 5.92 Å². The maximum absolute atomic E-state index is 11.6. The molecule has 0 bridgehead atoms. The van der Waals surface area contributed by atoms with Crippen LogP contribution in [0.4, 0.5) is 0 Å². The first kappa shape index (κ1) is 16.8. The Morgan fingerprint density at radius 1 is 1.42 bits per heavy atom. The fraction of sp³-hybridized carbons (Fsp3) is 0.929. The SMILES string of the molecule is CC(C)COCCCNC(=O)CSC1CCNCC1. The molecule has 0 aliphatic carbocycles. The molecule has 1 saturated heterocycles. The standard InChI is InChI=1S/C14H28N2O2S/c1-12(2)10-18-9-3-6-16-14(17)11-19-13-4-7-15-8-5-13/h12-13,15H,3-11H2,1-2H3,(H,16,17). The van der Waals surface area contributed by atoms with Crippen molar-refractivity contribution in [3.8, 4) is 0 Å². The molecule has 0 unspecified atom stereocenters. The molecule has 0 spiro atoms. The van der Waals surface area contributed by atoms with Crippen LogP contribution < -0.4 is 10.6 Å². The van der Waals surface area contributed by atoms with Gasteiger partial charge >= 0.3 is 0 Å². The minimum atomic E-state index is 0.160. The second-order valence-corrected chi connectivity index (χ2v) is 6.72. The Labute approximate surface area is 121 Å². The van der Waals surface area contributed by atoms with Crippen molar-refractivity contribution in [1.82, 2.24) is 10.6 Å². The summed E-state index contributed by atoms with van der Waals surface area (Å²) in [7, 11) is 0. The fourth-order valence-corrected chi connectivity index (χ4v) is 2.99. The van der Waals surface area contributed by atoms with Gasteiger partial charge in [0.05, 0.1) is 5.75 Å². The molecule has 112 valence electrons. The molecule has 0 aromatic carbocycles. The summed E-state index contributed by atoms with van der Waals surface area (Å²) >= 11 is 1.79. The summed E-state index contributed by atoms with van der Waals surface area (Å²) in [6, 6.07) is 0. The molecule has 1 rings (SSSR count). The minimum absolute atomic E-state index is 0.160. The van der Waals surface area contributed by atoms with Crippen LogP contribution in [0.3, 0.4) is 0 Å². The highest BCUT2D eigenvalue weighted by Crippen LogP contribution is 2.19. The third kappa shape index (κ3) is 9.30. The lowest BCUT2D eigenvalue weighted by Crippen LogP contribution is -2.31. The van der Waals surface area contributed by atoms with Crippen LogP contribution in [0.25, 0.3) is 0 Å². The van der Waals surface area contributed by atoms with Crippen LogP contribution in [0.15, 0.2) is 0 Å². The second kappa shape index (κ2) is 10.5. The Balaban J connectivity index is 1.90. The van der Waals surface area contributed by atoms with Crippen molar-refractivity contribution in [2.45, 2.75) is 38.4 Å². The van der Waals surface area contributed by atoms with E-state index in [4.69, 9.17) is 4.74 Å². The number of piperidine rings is 1. The Morgan fingerprint density at radius 2 is 2.16 bits per heavy atom. The third-order valence-corrected chi connectivity index (χ3v) is 4.35. The molecular formula is C14H28N2O2S. The van der Waals surface area contributed by atoms with Crippen molar-refractivity contribution >= 4 is 17.7 Å². The zero-order chi connectivity index (χ0) is 13.9. The quantitative estimate of drug-likeness (QED) is 0.634. The number of carbonyl (C=O) groups excluding carboxylic acids is 1. The zero-order valence-corrected chi connectivity index (χ0v) is 13.1. The molecule has 4 nitrogen and oxygen atoms in total. The van der Waals surface area contributed by atoms with Gasteiger partial charge in [-0.1, -0.05) is 13.8 Å². The average molecular weight is 288 g/mol. The van der Waals surface area contributed by atoms with Gasteiger partial charge in [-0.25, -0.2) is 0 Å². The number of hydrogen-bond donors (Lipinski definition) is 2. The normalized spacial score (nSPS) is 16.8. The van der Waals surface area contributed by atoms with E-state index in [0.29, 0.717) is 16.9 Å². The first-order valence-electron chi connectivity index (χ1n) is 7.35. The summed E-state index contributed by atoms with van der Waals surface area (Å²) in [4.78, 5) is 11.6. The topological polar surface area (TPSA) is 50.4 Å². The molecule has 1 aliphatic rings. The molecule has 0 atom stereocenters. The van der Waals surface area contributed by atoms with Crippen LogP contribution in [-0.4, -0.2) is 49.8 Å². The van der Waals surface area contributed by atoms with E-state index in [1.54, 1.807) is 11.8 Å². The van der Waals surface area contributed by atoms with Gasteiger partial charge in [0, 0.05) is 25.0 Å². The van der Waals surface area contributed by atoms with Crippen LogP contribution in [0.5, 0.6) is 0 Å². The second-order valence-electron chi connectivity index (χ2n) is 5.43. The number of amides is 1. The Bertz CT molecular complexity index is 244. The van der Waals surface area contributed by atoms with Crippen molar-refractivity contribution in [1.29, 1.82) is 0 Å². The minimum Gasteiger partial charge on any atom is -0.381 e. The van der Waals surface area contributed by atoms with Crippen LogP contribution >= 0.6 is 11.8 Å². The van der Waals surface area contributed by atoms with Gasteiger partial charge in [-0.15, -0.1) is 11.8 Å². The van der Waals surface area contributed by atoms with Crippen LogP contribution in [0.2, 0.25) is 0 Å². The first-order chi connectivity index (χ1) is 9.18. The monoisotopic (exact) mass is 288 g/mol. The molecular weight excluding hydrogens is 260 g/mol. The highest BCUT2D eigenvalue weighted by atomic mass is 32.2. The molecule has 1 aliphatic heterocycles. The van der Waals surface area contributed by atoms with Gasteiger partial charge in [0.25, 0.3) is 0 Å². The van der Waals surface area contributed by atoms with E-state index in [9.17, 15) is 4.79 Å². The Hall–Kier alpha value is -0.260. The van der Waals surface area contributed by atoms with E-state index in [0.717, 1.165) is 39.3 Å². The van der Waals surface area contributed by atoms with Gasteiger partial charge in [-0.2, -0.15) is 0 Å².